The van der Waals surface area contributed by atoms with Crippen molar-refractivity contribution >= 4 is 11.0 Å². The number of aliphatic hydroxyl groups excluding tert-OH is 3. The van der Waals surface area contributed by atoms with Crippen LogP contribution in [0.3, 0.4) is 0 Å². The predicted octanol–water partition coefficient (Wildman–Crippen LogP) is 0.489. The molecule has 0 spiro atoms. The van der Waals surface area contributed by atoms with E-state index in [1.54, 1.807) is 0 Å². The Morgan fingerprint density at radius 1 is 0.875 bits per heavy atom. The number of benzene rings is 2. The first-order valence-electron chi connectivity index (χ1n) is 9.50. The lowest BCUT2D eigenvalue weighted by Crippen LogP contribution is -2.58. The van der Waals surface area contributed by atoms with E-state index in [2.05, 4.69) is 0 Å². The summed E-state index contributed by atoms with van der Waals surface area (Å²) in [7, 11) is 0. The topological polar surface area (TPSA) is 190 Å². The highest BCUT2D eigenvalue weighted by atomic mass is 16.7. The lowest BCUT2D eigenvalue weighted by Gasteiger charge is -2.38. The molecular weight excluding hydrogens is 428 g/mol. The van der Waals surface area contributed by atoms with E-state index in [1.807, 2.05) is 0 Å². The molecule has 170 valence electrons. The van der Waals surface area contributed by atoms with E-state index in [0.717, 1.165) is 18.2 Å². The van der Waals surface area contributed by atoms with E-state index in [9.17, 15) is 40.5 Å². The van der Waals surface area contributed by atoms with Gasteiger partial charge < -0.3 is 49.6 Å². The van der Waals surface area contributed by atoms with Gasteiger partial charge in [0, 0.05) is 17.7 Å². The molecule has 1 saturated heterocycles. The highest BCUT2D eigenvalue weighted by molar-refractivity contribution is 5.89. The summed E-state index contributed by atoms with van der Waals surface area (Å²) in [4.78, 5) is 12.6. The predicted molar refractivity (Wildman–Crippen MR) is 108 cm³/mol. The Morgan fingerprint density at radius 3 is 2.28 bits per heavy atom. The summed E-state index contributed by atoms with van der Waals surface area (Å²) >= 11 is 0. The fourth-order valence-corrected chi connectivity index (χ4v) is 3.41. The molecule has 11 nitrogen and oxygen atoms in total. The van der Waals surface area contributed by atoms with Crippen LogP contribution in [0.4, 0.5) is 0 Å². The molecule has 0 amide bonds. The molecule has 7 N–H and O–H groups in total. The van der Waals surface area contributed by atoms with Gasteiger partial charge in [-0.2, -0.15) is 0 Å². The van der Waals surface area contributed by atoms with Crippen LogP contribution in [-0.2, 0) is 4.74 Å². The highest BCUT2D eigenvalue weighted by Crippen LogP contribution is 2.43. The first kappa shape index (κ1) is 21.7. The van der Waals surface area contributed by atoms with Crippen molar-refractivity contribution in [3.05, 3.63) is 40.6 Å². The molecule has 1 aliphatic heterocycles. The van der Waals surface area contributed by atoms with Crippen molar-refractivity contribution in [3.8, 4) is 40.1 Å². The fraction of sp³-hybridized carbons (Fsp3) is 0.286. The van der Waals surface area contributed by atoms with Crippen molar-refractivity contribution in [1.82, 2.24) is 0 Å². The third kappa shape index (κ3) is 3.56. The molecule has 1 fully saturated rings. The average Bonchev–Trinajstić information content (AvgIpc) is 2.75. The lowest BCUT2D eigenvalue weighted by atomic mass is 10.00. The molecule has 2 unspecified atom stereocenters. The largest absolute Gasteiger partial charge is 0.504 e. The van der Waals surface area contributed by atoms with Crippen LogP contribution in [0.2, 0.25) is 0 Å². The molecule has 2 aromatic carbocycles. The van der Waals surface area contributed by atoms with Crippen molar-refractivity contribution in [2.75, 3.05) is 0 Å². The maximum atomic E-state index is 12.6. The quantitative estimate of drug-likeness (QED) is 0.276. The summed E-state index contributed by atoms with van der Waals surface area (Å²) < 4.78 is 16.4. The molecule has 4 rings (SSSR count). The molecule has 0 radical (unpaired) electrons. The van der Waals surface area contributed by atoms with Crippen LogP contribution >= 0.6 is 0 Å². The van der Waals surface area contributed by atoms with Gasteiger partial charge in [-0.3, -0.25) is 4.79 Å². The van der Waals surface area contributed by atoms with E-state index in [4.69, 9.17) is 13.9 Å². The minimum Gasteiger partial charge on any atom is -0.504 e. The third-order valence-electron chi connectivity index (χ3n) is 5.24. The monoisotopic (exact) mass is 448 g/mol. The van der Waals surface area contributed by atoms with Crippen molar-refractivity contribution in [2.24, 2.45) is 0 Å². The Balaban J connectivity index is 1.78. The molecule has 3 aromatic rings. The molecule has 1 aromatic heterocycles. The lowest BCUT2D eigenvalue weighted by molar-refractivity contribution is -0.268. The van der Waals surface area contributed by atoms with Crippen LogP contribution in [0.15, 0.2) is 39.5 Å². The molecule has 11 heteroatoms. The Hall–Kier alpha value is -3.51. The fourth-order valence-electron chi connectivity index (χ4n) is 3.41. The Kier molecular flexibility index (Phi) is 5.34. The van der Waals surface area contributed by atoms with Crippen molar-refractivity contribution in [1.29, 1.82) is 0 Å². The normalized spacial score (nSPS) is 25.7. The number of aromatic hydroxyl groups is 4. The summed E-state index contributed by atoms with van der Waals surface area (Å²) in [5.74, 6) is -2.93. The maximum Gasteiger partial charge on any atom is 0.229 e. The summed E-state index contributed by atoms with van der Waals surface area (Å²) in [5, 5.41) is 69.3. The van der Waals surface area contributed by atoms with Gasteiger partial charge in [0.05, 0.1) is 6.10 Å². The number of hydrogen-bond donors (Lipinski definition) is 7. The zero-order valence-corrected chi connectivity index (χ0v) is 16.5. The van der Waals surface area contributed by atoms with Gasteiger partial charge in [0.1, 0.15) is 35.0 Å². The standard InChI is InChI=1S/C21H20O11/c1-7-16(25)19(28)20(29)21(30-7)32-14-6-13-15(18(27)17(14)26)11(24)5-12(31-13)8-2-3-9(22)10(23)4-8/h2-7,16,19-23,25-29H,1H3/t7?,16-,19-,20?,21-/m0/s1. The number of hydrogen-bond acceptors (Lipinski definition) is 11. The zero-order valence-electron chi connectivity index (χ0n) is 16.5. The molecule has 0 aliphatic carbocycles. The number of phenols is 4. The number of ether oxygens (including phenoxy) is 2. The number of rotatable bonds is 3. The smallest absolute Gasteiger partial charge is 0.229 e. The van der Waals surface area contributed by atoms with Gasteiger partial charge in [0.25, 0.3) is 0 Å². The summed E-state index contributed by atoms with van der Waals surface area (Å²) in [5.41, 5.74) is -0.676. The number of aliphatic hydroxyl groups is 3. The maximum absolute atomic E-state index is 12.6. The molecule has 0 saturated carbocycles. The molecule has 0 bridgehead atoms. The Bertz CT molecular complexity index is 1230. The van der Waals surface area contributed by atoms with Gasteiger partial charge in [-0.15, -0.1) is 0 Å². The summed E-state index contributed by atoms with van der Waals surface area (Å²) in [6.07, 6.45) is -7.08. The summed E-state index contributed by atoms with van der Waals surface area (Å²) in [6.45, 7) is 1.44. The van der Waals surface area contributed by atoms with Gasteiger partial charge in [-0.05, 0) is 25.1 Å². The first-order chi connectivity index (χ1) is 15.1. The number of fused-ring (bicyclic) bond motifs is 1. The second-order valence-corrected chi connectivity index (χ2v) is 7.42. The van der Waals surface area contributed by atoms with E-state index < -0.39 is 59.1 Å². The van der Waals surface area contributed by atoms with Crippen molar-refractivity contribution in [3.63, 3.8) is 0 Å². The molecule has 2 heterocycles. The first-order valence-corrected chi connectivity index (χ1v) is 9.50. The van der Waals surface area contributed by atoms with Crippen LogP contribution in [0.5, 0.6) is 28.7 Å². The minimum absolute atomic E-state index is 0.0186. The van der Waals surface area contributed by atoms with Crippen LogP contribution in [-0.4, -0.2) is 66.5 Å². The van der Waals surface area contributed by atoms with Crippen LogP contribution in [0, 0.1) is 0 Å². The molecule has 32 heavy (non-hydrogen) atoms. The molecule has 1 aliphatic rings. The van der Waals surface area contributed by atoms with Gasteiger partial charge in [0.2, 0.25) is 12.0 Å². The summed E-state index contributed by atoms with van der Waals surface area (Å²) in [6, 6.07) is 5.85. The third-order valence-corrected chi connectivity index (χ3v) is 5.24. The minimum atomic E-state index is -1.68. The average molecular weight is 448 g/mol. The van der Waals surface area contributed by atoms with Crippen LogP contribution in [0.1, 0.15) is 6.92 Å². The van der Waals surface area contributed by atoms with Gasteiger partial charge >= 0.3 is 0 Å². The molecular formula is C21H20O11. The molecule has 5 atom stereocenters. The van der Waals surface area contributed by atoms with E-state index in [0.29, 0.717) is 0 Å². The van der Waals surface area contributed by atoms with Crippen molar-refractivity contribution < 1.29 is 49.6 Å². The van der Waals surface area contributed by atoms with Gasteiger partial charge in [-0.1, -0.05) is 0 Å². The van der Waals surface area contributed by atoms with E-state index in [1.165, 1.54) is 19.1 Å². The Morgan fingerprint density at radius 2 is 1.59 bits per heavy atom. The van der Waals surface area contributed by atoms with Crippen molar-refractivity contribution in [2.45, 2.75) is 37.6 Å². The SMILES string of the molecule is CC1O[C@@H](Oc2cc3oc(-c4ccc(O)c(O)c4)cc(=O)c3c(O)c2O)C(O)[C@@H](O)[C@H]1O. The zero-order chi connectivity index (χ0) is 23.3. The van der Waals surface area contributed by atoms with E-state index >= 15 is 0 Å². The van der Waals surface area contributed by atoms with E-state index in [-0.39, 0.29) is 28.0 Å². The highest BCUT2D eigenvalue weighted by Gasteiger charge is 2.43. The number of phenolic OH excluding ortho intramolecular Hbond substituents is 4. The van der Waals surface area contributed by atoms with Crippen LogP contribution < -0.4 is 10.2 Å². The van der Waals surface area contributed by atoms with Crippen LogP contribution in [0.25, 0.3) is 22.3 Å². The second kappa shape index (κ2) is 7.88. The second-order valence-electron chi connectivity index (χ2n) is 7.42. The van der Waals surface area contributed by atoms with Gasteiger partial charge in [0.15, 0.2) is 28.4 Å². The van der Waals surface area contributed by atoms with Gasteiger partial charge in [-0.25, -0.2) is 0 Å². The Labute approximate surface area is 179 Å².